The van der Waals surface area contributed by atoms with Crippen LogP contribution in [0.2, 0.25) is 0 Å². The van der Waals surface area contributed by atoms with Crippen LogP contribution in [0.5, 0.6) is 5.75 Å². The number of benzene rings is 1. The molecule has 2 rings (SSSR count). The highest BCUT2D eigenvalue weighted by Crippen LogP contribution is 2.28. The number of methoxy groups -OCH3 is 1. The average Bonchev–Trinajstić information content (AvgIpc) is 2.45. The molecule has 1 aromatic carbocycles. The fourth-order valence-electron chi connectivity index (χ4n) is 2.56. The normalized spacial score (nSPS) is 23.5. The summed E-state index contributed by atoms with van der Waals surface area (Å²) in [5.74, 6) is 0.202. The Morgan fingerprint density at radius 2 is 1.95 bits per heavy atom. The summed E-state index contributed by atoms with van der Waals surface area (Å²) in [6.45, 7) is 4.73. The fourth-order valence-corrected chi connectivity index (χ4v) is 4.32. The van der Waals surface area contributed by atoms with E-state index in [0.29, 0.717) is 18.7 Å². The Labute approximate surface area is 125 Å². The summed E-state index contributed by atoms with van der Waals surface area (Å²) in [4.78, 5) is 0.102. The first-order chi connectivity index (χ1) is 9.88. The molecule has 114 valence electrons. The zero-order valence-corrected chi connectivity index (χ0v) is 13.1. The lowest BCUT2D eigenvalue weighted by atomic mass is 10.2. The summed E-state index contributed by atoms with van der Waals surface area (Å²) < 4.78 is 32.2. The summed E-state index contributed by atoms with van der Waals surface area (Å²) in [5, 5.41) is 12.2. The van der Waals surface area contributed by atoms with Crippen LogP contribution in [0.25, 0.3) is 0 Å². The standard InChI is InChI=1S/C14H19N3O3S/c1-10-8-17(9-11(2)16-10)21(18,19)14-5-4-12(7-15)6-13(14)20-3/h4-6,10-11,16H,8-9H2,1-3H3. The van der Waals surface area contributed by atoms with E-state index in [2.05, 4.69) is 5.32 Å². The van der Waals surface area contributed by atoms with Gasteiger partial charge in [-0.3, -0.25) is 0 Å². The summed E-state index contributed by atoms with van der Waals surface area (Å²) in [6, 6.07) is 6.53. The zero-order chi connectivity index (χ0) is 15.6. The molecule has 0 amide bonds. The van der Waals surface area contributed by atoms with Crippen LogP contribution < -0.4 is 10.1 Å². The van der Waals surface area contributed by atoms with Crippen LogP contribution in [0.15, 0.2) is 23.1 Å². The van der Waals surface area contributed by atoms with Gasteiger partial charge in [0.2, 0.25) is 10.0 Å². The van der Waals surface area contributed by atoms with Crippen molar-refractivity contribution in [3.8, 4) is 11.8 Å². The molecule has 7 heteroatoms. The fraction of sp³-hybridized carbons (Fsp3) is 0.500. The first-order valence-electron chi connectivity index (χ1n) is 6.73. The van der Waals surface area contributed by atoms with Gasteiger partial charge in [0.15, 0.2) is 0 Å². The van der Waals surface area contributed by atoms with E-state index in [9.17, 15) is 8.42 Å². The molecule has 0 aliphatic carbocycles. The van der Waals surface area contributed by atoms with Crippen molar-refractivity contribution in [3.63, 3.8) is 0 Å². The Hall–Kier alpha value is -1.62. The number of hydrogen-bond acceptors (Lipinski definition) is 5. The molecule has 2 unspecified atom stereocenters. The lowest BCUT2D eigenvalue weighted by Crippen LogP contribution is -2.55. The van der Waals surface area contributed by atoms with Crippen LogP contribution >= 0.6 is 0 Å². The molecular weight excluding hydrogens is 290 g/mol. The third kappa shape index (κ3) is 3.18. The number of piperazine rings is 1. The molecule has 0 radical (unpaired) electrons. The van der Waals surface area contributed by atoms with Crippen LogP contribution in [-0.4, -0.2) is 45.0 Å². The molecule has 2 atom stereocenters. The Balaban J connectivity index is 2.42. The highest BCUT2D eigenvalue weighted by atomic mass is 32.2. The van der Waals surface area contributed by atoms with Gasteiger partial charge in [-0.05, 0) is 32.0 Å². The smallest absolute Gasteiger partial charge is 0.246 e. The van der Waals surface area contributed by atoms with E-state index in [1.54, 1.807) is 0 Å². The SMILES string of the molecule is COc1cc(C#N)ccc1S(=O)(=O)N1CC(C)NC(C)C1. The van der Waals surface area contributed by atoms with Crippen molar-refractivity contribution in [3.05, 3.63) is 23.8 Å². The number of nitrogens with zero attached hydrogens (tertiary/aromatic N) is 2. The van der Waals surface area contributed by atoms with Gasteiger partial charge in [-0.25, -0.2) is 8.42 Å². The molecule has 21 heavy (non-hydrogen) atoms. The number of hydrogen-bond donors (Lipinski definition) is 1. The van der Waals surface area contributed by atoms with Crippen molar-refractivity contribution in [2.75, 3.05) is 20.2 Å². The van der Waals surface area contributed by atoms with E-state index in [1.165, 1.54) is 29.6 Å². The van der Waals surface area contributed by atoms with Crippen molar-refractivity contribution in [2.45, 2.75) is 30.8 Å². The summed E-state index contributed by atoms with van der Waals surface area (Å²) in [7, 11) is -2.24. The molecule has 1 fully saturated rings. The van der Waals surface area contributed by atoms with Gasteiger partial charge in [-0.1, -0.05) is 0 Å². The van der Waals surface area contributed by atoms with Crippen LogP contribution in [0, 0.1) is 11.3 Å². The van der Waals surface area contributed by atoms with E-state index < -0.39 is 10.0 Å². The highest BCUT2D eigenvalue weighted by molar-refractivity contribution is 7.89. The minimum Gasteiger partial charge on any atom is -0.495 e. The highest BCUT2D eigenvalue weighted by Gasteiger charge is 2.33. The number of rotatable bonds is 3. The Kier molecular flexibility index (Phi) is 4.52. The number of nitriles is 1. The van der Waals surface area contributed by atoms with E-state index in [1.807, 2.05) is 19.9 Å². The second-order valence-corrected chi connectivity index (χ2v) is 7.17. The molecule has 1 aliphatic rings. The zero-order valence-electron chi connectivity index (χ0n) is 12.3. The van der Waals surface area contributed by atoms with E-state index >= 15 is 0 Å². The van der Waals surface area contributed by atoms with Gasteiger partial charge < -0.3 is 10.1 Å². The van der Waals surface area contributed by atoms with Crippen molar-refractivity contribution < 1.29 is 13.2 Å². The van der Waals surface area contributed by atoms with Crippen LogP contribution in [0.1, 0.15) is 19.4 Å². The van der Waals surface area contributed by atoms with Crippen molar-refractivity contribution in [1.29, 1.82) is 5.26 Å². The molecule has 0 saturated carbocycles. The molecule has 1 saturated heterocycles. The van der Waals surface area contributed by atoms with Gasteiger partial charge in [0, 0.05) is 25.2 Å². The number of ether oxygens (including phenoxy) is 1. The van der Waals surface area contributed by atoms with Crippen molar-refractivity contribution in [1.82, 2.24) is 9.62 Å². The second-order valence-electron chi connectivity index (χ2n) is 5.27. The third-order valence-corrected chi connectivity index (χ3v) is 5.31. The van der Waals surface area contributed by atoms with E-state index in [-0.39, 0.29) is 22.7 Å². The molecule has 0 spiro atoms. The molecule has 0 bridgehead atoms. The summed E-state index contributed by atoms with van der Waals surface area (Å²) in [6.07, 6.45) is 0. The topological polar surface area (TPSA) is 82.4 Å². The minimum absolute atomic E-state index is 0.0906. The molecule has 6 nitrogen and oxygen atoms in total. The van der Waals surface area contributed by atoms with E-state index in [4.69, 9.17) is 10.00 Å². The quantitative estimate of drug-likeness (QED) is 0.898. The van der Waals surface area contributed by atoms with Crippen LogP contribution in [-0.2, 0) is 10.0 Å². The van der Waals surface area contributed by atoms with Gasteiger partial charge >= 0.3 is 0 Å². The maximum Gasteiger partial charge on any atom is 0.246 e. The third-order valence-electron chi connectivity index (χ3n) is 3.43. The monoisotopic (exact) mass is 309 g/mol. The van der Waals surface area contributed by atoms with Crippen molar-refractivity contribution >= 4 is 10.0 Å². The number of nitrogens with one attached hydrogen (secondary N) is 1. The first kappa shape index (κ1) is 15.8. The van der Waals surface area contributed by atoms with Gasteiger partial charge in [-0.15, -0.1) is 0 Å². The molecule has 1 heterocycles. The number of sulfonamides is 1. The van der Waals surface area contributed by atoms with E-state index in [0.717, 1.165) is 0 Å². The molecule has 0 aromatic heterocycles. The maximum absolute atomic E-state index is 12.8. The maximum atomic E-state index is 12.8. The minimum atomic E-state index is -3.64. The van der Waals surface area contributed by atoms with Gasteiger partial charge in [0.25, 0.3) is 0 Å². The lowest BCUT2D eigenvalue weighted by molar-refractivity contribution is 0.262. The predicted molar refractivity (Wildman–Crippen MR) is 78.5 cm³/mol. The average molecular weight is 309 g/mol. The van der Waals surface area contributed by atoms with Crippen LogP contribution in [0.4, 0.5) is 0 Å². The largest absolute Gasteiger partial charge is 0.495 e. The Morgan fingerprint density at radius 3 is 2.48 bits per heavy atom. The second kappa shape index (κ2) is 6.02. The van der Waals surface area contributed by atoms with Crippen LogP contribution in [0.3, 0.4) is 0 Å². The predicted octanol–water partition coefficient (Wildman–Crippen LogP) is 0.938. The summed E-state index contributed by atoms with van der Waals surface area (Å²) in [5.41, 5.74) is 0.368. The molecule has 1 aromatic rings. The summed E-state index contributed by atoms with van der Waals surface area (Å²) >= 11 is 0. The Morgan fingerprint density at radius 1 is 1.33 bits per heavy atom. The molecular formula is C14H19N3O3S. The Bertz CT molecular complexity index is 657. The lowest BCUT2D eigenvalue weighted by Gasteiger charge is -2.35. The van der Waals surface area contributed by atoms with Gasteiger partial charge in [0.05, 0.1) is 18.7 Å². The molecule has 1 aliphatic heterocycles. The first-order valence-corrected chi connectivity index (χ1v) is 8.17. The van der Waals surface area contributed by atoms with Gasteiger partial charge in [-0.2, -0.15) is 9.57 Å². The van der Waals surface area contributed by atoms with Crippen molar-refractivity contribution in [2.24, 2.45) is 0 Å². The van der Waals surface area contributed by atoms with Gasteiger partial charge in [0.1, 0.15) is 10.6 Å². The molecule has 1 N–H and O–H groups in total.